The first-order valence-electron chi connectivity index (χ1n) is 14.9. The van der Waals surface area contributed by atoms with E-state index >= 15 is 0 Å². The van der Waals surface area contributed by atoms with E-state index < -0.39 is 0 Å². The average molecular weight is 597 g/mol. The van der Waals surface area contributed by atoms with Crippen LogP contribution in [0.15, 0.2) is 134 Å². The predicted molar refractivity (Wildman–Crippen MR) is 190 cm³/mol. The molecule has 0 aliphatic heterocycles. The number of thiophene rings is 1. The summed E-state index contributed by atoms with van der Waals surface area (Å²) in [4.78, 5) is 15.1. The Balaban J connectivity index is 1.40. The second kappa shape index (κ2) is 11.1. The molecule has 214 valence electrons. The van der Waals surface area contributed by atoms with Crippen molar-refractivity contribution in [3.63, 3.8) is 0 Å². The number of para-hydroxylation sites is 1. The zero-order chi connectivity index (χ0) is 30.3. The molecule has 0 fully saturated rings. The third-order valence-corrected chi connectivity index (χ3v) is 9.45. The Morgan fingerprint density at radius 1 is 0.644 bits per heavy atom. The highest BCUT2D eigenvalue weighted by atomic mass is 32.1. The van der Waals surface area contributed by atoms with Gasteiger partial charge in [-0.05, 0) is 36.3 Å². The maximum absolute atomic E-state index is 5.10. The van der Waals surface area contributed by atoms with Gasteiger partial charge in [-0.1, -0.05) is 128 Å². The van der Waals surface area contributed by atoms with E-state index in [2.05, 4.69) is 90.9 Å². The van der Waals surface area contributed by atoms with Gasteiger partial charge in [-0.25, -0.2) is 4.98 Å². The molecule has 0 unspecified atom stereocenters. The molecule has 0 atom stereocenters. The first kappa shape index (κ1) is 26.9. The lowest BCUT2D eigenvalue weighted by atomic mass is 10.0. The van der Waals surface area contributed by atoms with E-state index in [1.165, 1.54) is 25.7 Å². The van der Waals surface area contributed by atoms with Gasteiger partial charge < -0.3 is 0 Å². The largest absolute Gasteiger partial charge is 0.278 e. The van der Waals surface area contributed by atoms with Crippen molar-refractivity contribution in [3.05, 3.63) is 151 Å². The monoisotopic (exact) mass is 596 g/mol. The molecule has 0 aliphatic carbocycles. The third kappa shape index (κ3) is 4.65. The smallest absolute Gasteiger partial charge is 0.238 e. The Bertz CT molecular complexity index is 2340. The molecule has 3 heterocycles. The fourth-order valence-corrected chi connectivity index (χ4v) is 7.38. The van der Waals surface area contributed by atoms with Crippen LogP contribution in [0.4, 0.5) is 0 Å². The van der Waals surface area contributed by atoms with E-state index in [4.69, 9.17) is 15.0 Å². The van der Waals surface area contributed by atoms with Crippen LogP contribution in [0.25, 0.3) is 77.5 Å². The number of rotatable bonds is 6. The van der Waals surface area contributed by atoms with Crippen molar-refractivity contribution in [2.45, 2.75) is 6.92 Å². The molecule has 0 amide bonds. The Hall–Kier alpha value is -5.65. The molecule has 0 bridgehead atoms. The number of nitrogens with zero attached hydrogens (tertiary/aromatic N) is 4. The van der Waals surface area contributed by atoms with E-state index in [9.17, 15) is 0 Å². The number of allylic oxidation sites excluding steroid dienone is 1. The summed E-state index contributed by atoms with van der Waals surface area (Å²) in [5.74, 6) is 1.81. The van der Waals surface area contributed by atoms with Crippen molar-refractivity contribution in [1.82, 2.24) is 19.5 Å². The lowest BCUT2D eigenvalue weighted by Gasteiger charge is -2.12. The number of aromatic nitrogens is 4. The molecule has 8 rings (SSSR count). The van der Waals surface area contributed by atoms with E-state index in [0.717, 1.165) is 38.9 Å². The van der Waals surface area contributed by atoms with Crippen molar-refractivity contribution in [2.75, 3.05) is 0 Å². The molecule has 0 aliphatic rings. The van der Waals surface area contributed by atoms with Gasteiger partial charge in [0.05, 0.1) is 11.2 Å². The molecule has 0 radical (unpaired) electrons. The Morgan fingerprint density at radius 3 is 1.93 bits per heavy atom. The molecule has 5 heteroatoms. The van der Waals surface area contributed by atoms with E-state index in [1.807, 2.05) is 78.1 Å². The van der Waals surface area contributed by atoms with Crippen LogP contribution < -0.4 is 0 Å². The number of fused-ring (bicyclic) bond motifs is 4. The topological polar surface area (TPSA) is 43.6 Å². The maximum atomic E-state index is 5.10. The van der Waals surface area contributed by atoms with Gasteiger partial charge in [0, 0.05) is 42.2 Å². The number of hydrogen-bond acceptors (Lipinski definition) is 4. The van der Waals surface area contributed by atoms with Gasteiger partial charge >= 0.3 is 0 Å². The molecule has 4 nitrogen and oxygen atoms in total. The summed E-state index contributed by atoms with van der Waals surface area (Å²) in [5.41, 5.74) is 7.26. The van der Waals surface area contributed by atoms with Crippen LogP contribution in [-0.4, -0.2) is 19.5 Å². The summed E-state index contributed by atoms with van der Waals surface area (Å²) in [6, 6.07) is 43.8. The fourth-order valence-electron chi connectivity index (χ4n) is 6.09. The summed E-state index contributed by atoms with van der Waals surface area (Å²) in [7, 11) is 0. The number of hydrogen-bond donors (Lipinski definition) is 0. The predicted octanol–water partition coefficient (Wildman–Crippen LogP) is 10.7. The molecule has 0 N–H and O–H groups in total. The molecule has 0 saturated heterocycles. The van der Waals surface area contributed by atoms with Gasteiger partial charge in [-0.3, -0.25) is 4.57 Å². The summed E-state index contributed by atoms with van der Waals surface area (Å²) in [5, 5.41) is 3.66. The summed E-state index contributed by atoms with van der Waals surface area (Å²) in [6.45, 7) is 6.43. The van der Waals surface area contributed by atoms with Gasteiger partial charge in [-0.15, -0.1) is 11.3 Å². The van der Waals surface area contributed by atoms with Crippen molar-refractivity contribution in [2.24, 2.45) is 0 Å². The lowest BCUT2D eigenvalue weighted by molar-refractivity contribution is 0.926. The van der Waals surface area contributed by atoms with Gasteiger partial charge in [0.15, 0.2) is 11.6 Å². The highest BCUT2D eigenvalue weighted by Gasteiger charge is 2.20. The van der Waals surface area contributed by atoms with Crippen LogP contribution in [0, 0.1) is 0 Å². The van der Waals surface area contributed by atoms with Gasteiger partial charge in [0.2, 0.25) is 5.95 Å². The summed E-state index contributed by atoms with van der Waals surface area (Å²) >= 11 is 1.84. The van der Waals surface area contributed by atoms with Crippen LogP contribution in [0.3, 0.4) is 0 Å². The SMILES string of the molecule is C=Cc1c(/C=C(\C)c2cccc3c2sc2ccccc23)n(-c2nc(-c3ccccc3)nc(-c3ccccc3)n2)c2ccccc12. The van der Waals surface area contributed by atoms with Gasteiger partial charge in [-0.2, -0.15) is 9.97 Å². The molecule has 45 heavy (non-hydrogen) atoms. The van der Waals surface area contributed by atoms with E-state index in [1.54, 1.807) is 0 Å². The molecule has 8 aromatic rings. The van der Waals surface area contributed by atoms with Crippen molar-refractivity contribution in [1.29, 1.82) is 0 Å². The second-order valence-corrected chi connectivity index (χ2v) is 12.0. The zero-order valence-corrected chi connectivity index (χ0v) is 25.5. The highest BCUT2D eigenvalue weighted by molar-refractivity contribution is 7.26. The van der Waals surface area contributed by atoms with E-state index in [-0.39, 0.29) is 0 Å². The fraction of sp³-hybridized carbons (Fsp3) is 0.0250. The molecular weight excluding hydrogens is 569 g/mol. The number of benzene rings is 5. The van der Waals surface area contributed by atoms with Crippen molar-refractivity contribution >= 4 is 60.1 Å². The first-order valence-corrected chi connectivity index (χ1v) is 15.7. The minimum Gasteiger partial charge on any atom is -0.278 e. The highest BCUT2D eigenvalue weighted by Crippen LogP contribution is 2.39. The average Bonchev–Trinajstić information content (AvgIpc) is 3.64. The van der Waals surface area contributed by atoms with Crippen LogP contribution in [0.1, 0.15) is 23.7 Å². The first-order chi connectivity index (χ1) is 22.2. The Kier molecular flexibility index (Phi) is 6.66. The van der Waals surface area contributed by atoms with Crippen molar-refractivity contribution < 1.29 is 0 Å². The lowest BCUT2D eigenvalue weighted by Crippen LogP contribution is -2.08. The van der Waals surface area contributed by atoms with Crippen LogP contribution in [0.2, 0.25) is 0 Å². The standard InChI is InChI=1S/C40H28N4S/c1-3-29-31-19-10-12-23-34(31)44(35(29)25-26(2)30-21-14-22-33-32-20-11-13-24-36(32)45-37(30)33)40-42-38(27-15-6-4-7-16-27)41-39(43-40)28-17-8-5-9-18-28/h3-25H,1H2,2H3/b26-25+. The van der Waals surface area contributed by atoms with Crippen LogP contribution >= 0.6 is 11.3 Å². The molecule has 5 aromatic carbocycles. The minimum absolute atomic E-state index is 0.561. The third-order valence-electron chi connectivity index (χ3n) is 8.23. The Labute approximate surface area is 265 Å². The maximum Gasteiger partial charge on any atom is 0.238 e. The van der Waals surface area contributed by atoms with Gasteiger partial charge in [0.1, 0.15) is 0 Å². The molecule has 0 spiro atoms. The van der Waals surface area contributed by atoms with Crippen molar-refractivity contribution in [3.8, 4) is 28.7 Å². The molecule has 3 aromatic heterocycles. The molecular formula is C40H28N4S. The summed E-state index contributed by atoms with van der Waals surface area (Å²) < 4.78 is 4.73. The van der Waals surface area contributed by atoms with E-state index in [0.29, 0.717) is 17.6 Å². The zero-order valence-electron chi connectivity index (χ0n) is 24.7. The van der Waals surface area contributed by atoms with Crippen LogP contribution in [0.5, 0.6) is 0 Å². The second-order valence-electron chi connectivity index (χ2n) is 11.0. The normalized spacial score (nSPS) is 11.9. The van der Waals surface area contributed by atoms with Crippen LogP contribution in [-0.2, 0) is 0 Å². The van der Waals surface area contributed by atoms with Gasteiger partial charge in [0.25, 0.3) is 0 Å². The Morgan fingerprint density at radius 2 is 1.24 bits per heavy atom. The minimum atomic E-state index is 0.561. The molecule has 0 saturated carbocycles. The summed E-state index contributed by atoms with van der Waals surface area (Å²) in [6.07, 6.45) is 4.19. The quantitative estimate of drug-likeness (QED) is 0.192.